The molecule has 1 aliphatic carbocycles. The first-order valence-electron chi connectivity index (χ1n) is 6.38. The van der Waals surface area contributed by atoms with Crippen LogP contribution in [0.15, 0.2) is 30.3 Å². The molecular weight excluding hydrogens is 228 g/mol. The van der Waals surface area contributed by atoms with Crippen molar-refractivity contribution in [1.29, 1.82) is 0 Å². The normalized spacial score (nSPS) is 18.1. The number of carbonyl (C=O) groups is 1. The molecule has 0 aromatic heterocycles. The van der Waals surface area contributed by atoms with Gasteiger partial charge in [-0.05, 0) is 31.2 Å². The van der Waals surface area contributed by atoms with Crippen LogP contribution in [0.1, 0.15) is 24.8 Å². The molecule has 1 aromatic carbocycles. The Bertz CT molecular complexity index is 402. The monoisotopic (exact) mass is 248 g/mol. The van der Waals surface area contributed by atoms with Gasteiger partial charge in [0.2, 0.25) is 5.91 Å². The highest BCUT2D eigenvalue weighted by atomic mass is 16.3. The molecule has 1 aromatic rings. The molecule has 2 rings (SSSR count). The SMILES string of the molecule is N[C@@H](CCc1ccccc1)C(=O)NC1(CO)CC1. The van der Waals surface area contributed by atoms with E-state index in [-0.39, 0.29) is 18.1 Å². The van der Waals surface area contributed by atoms with Gasteiger partial charge in [-0.2, -0.15) is 0 Å². The van der Waals surface area contributed by atoms with Crippen LogP contribution in [-0.2, 0) is 11.2 Å². The van der Waals surface area contributed by atoms with E-state index in [1.54, 1.807) is 0 Å². The molecule has 0 heterocycles. The molecule has 0 bridgehead atoms. The van der Waals surface area contributed by atoms with Crippen LogP contribution >= 0.6 is 0 Å². The molecule has 1 fully saturated rings. The highest BCUT2D eigenvalue weighted by Gasteiger charge is 2.43. The van der Waals surface area contributed by atoms with E-state index in [1.807, 2.05) is 30.3 Å². The summed E-state index contributed by atoms with van der Waals surface area (Å²) in [7, 11) is 0. The lowest BCUT2D eigenvalue weighted by Gasteiger charge is -2.18. The summed E-state index contributed by atoms with van der Waals surface area (Å²) in [6, 6.07) is 9.47. The second-order valence-corrected chi connectivity index (χ2v) is 5.06. The molecular formula is C14H20N2O2. The zero-order chi connectivity index (χ0) is 13.0. The molecule has 4 heteroatoms. The van der Waals surface area contributed by atoms with Gasteiger partial charge in [-0.25, -0.2) is 0 Å². The summed E-state index contributed by atoms with van der Waals surface area (Å²) in [6.45, 7) is 0.00411. The third-order valence-corrected chi connectivity index (χ3v) is 3.47. The summed E-state index contributed by atoms with van der Waals surface area (Å²) in [5.74, 6) is -0.155. The number of rotatable bonds is 6. The number of nitrogens with one attached hydrogen (secondary N) is 1. The largest absolute Gasteiger partial charge is 0.394 e. The number of nitrogens with two attached hydrogens (primary N) is 1. The number of aliphatic hydroxyl groups is 1. The second-order valence-electron chi connectivity index (χ2n) is 5.06. The van der Waals surface area contributed by atoms with Crippen LogP contribution in [-0.4, -0.2) is 29.2 Å². The predicted octanol–water partition coefficient (Wildman–Crippen LogP) is 0.588. The van der Waals surface area contributed by atoms with Crippen molar-refractivity contribution in [2.24, 2.45) is 5.73 Å². The molecule has 0 spiro atoms. The molecule has 0 radical (unpaired) electrons. The second kappa shape index (κ2) is 5.50. The first kappa shape index (κ1) is 13.1. The first-order chi connectivity index (χ1) is 8.65. The quantitative estimate of drug-likeness (QED) is 0.689. The summed E-state index contributed by atoms with van der Waals surface area (Å²) < 4.78 is 0. The lowest BCUT2D eigenvalue weighted by Crippen LogP contribution is -2.48. The van der Waals surface area contributed by atoms with Gasteiger partial charge in [0.05, 0.1) is 18.2 Å². The van der Waals surface area contributed by atoms with Gasteiger partial charge in [-0.15, -0.1) is 0 Å². The van der Waals surface area contributed by atoms with Crippen LogP contribution in [0.25, 0.3) is 0 Å². The average molecular weight is 248 g/mol. The van der Waals surface area contributed by atoms with Crippen molar-refractivity contribution in [2.45, 2.75) is 37.3 Å². The maximum Gasteiger partial charge on any atom is 0.237 e. The van der Waals surface area contributed by atoms with Crippen LogP contribution in [0.5, 0.6) is 0 Å². The van der Waals surface area contributed by atoms with Gasteiger partial charge in [0, 0.05) is 0 Å². The molecule has 0 saturated heterocycles. The van der Waals surface area contributed by atoms with Crippen LogP contribution < -0.4 is 11.1 Å². The Labute approximate surface area is 107 Å². The molecule has 18 heavy (non-hydrogen) atoms. The van der Waals surface area contributed by atoms with Gasteiger partial charge in [0.25, 0.3) is 0 Å². The average Bonchev–Trinajstić information content (AvgIpc) is 3.17. The van der Waals surface area contributed by atoms with E-state index in [4.69, 9.17) is 10.8 Å². The molecule has 1 aliphatic rings. The highest BCUT2D eigenvalue weighted by Crippen LogP contribution is 2.34. The number of aryl methyl sites for hydroxylation is 1. The number of hydrogen-bond acceptors (Lipinski definition) is 3. The maximum atomic E-state index is 11.8. The van der Waals surface area contributed by atoms with E-state index in [0.717, 1.165) is 19.3 Å². The number of amides is 1. The van der Waals surface area contributed by atoms with E-state index in [1.165, 1.54) is 5.56 Å². The Kier molecular flexibility index (Phi) is 3.99. The molecule has 4 N–H and O–H groups in total. The van der Waals surface area contributed by atoms with Gasteiger partial charge in [0.1, 0.15) is 0 Å². The predicted molar refractivity (Wildman–Crippen MR) is 69.9 cm³/mol. The minimum Gasteiger partial charge on any atom is -0.394 e. The van der Waals surface area contributed by atoms with Crippen molar-refractivity contribution in [2.75, 3.05) is 6.61 Å². The molecule has 0 unspecified atom stereocenters. The van der Waals surface area contributed by atoms with Crippen molar-refractivity contribution in [1.82, 2.24) is 5.32 Å². The zero-order valence-corrected chi connectivity index (χ0v) is 10.4. The maximum absolute atomic E-state index is 11.8. The van der Waals surface area contributed by atoms with E-state index < -0.39 is 6.04 Å². The Morgan fingerprint density at radius 1 is 1.39 bits per heavy atom. The third-order valence-electron chi connectivity index (χ3n) is 3.47. The smallest absolute Gasteiger partial charge is 0.237 e. The molecule has 1 saturated carbocycles. The number of benzene rings is 1. The fourth-order valence-corrected chi connectivity index (χ4v) is 1.93. The van der Waals surface area contributed by atoms with Crippen molar-refractivity contribution in [3.63, 3.8) is 0 Å². The summed E-state index contributed by atoms with van der Waals surface area (Å²) >= 11 is 0. The molecule has 0 aliphatic heterocycles. The fraction of sp³-hybridized carbons (Fsp3) is 0.500. The third kappa shape index (κ3) is 3.31. The Hall–Kier alpha value is -1.39. The zero-order valence-electron chi connectivity index (χ0n) is 10.4. The topological polar surface area (TPSA) is 75.4 Å². The Balaban J connectivity index is 1.77. The fourth-order valence-electron chi connectivity index (χ4n) is 1.93. The van der Waals surface area contributed by atoms with Crippen LogP contribution in [0.2, 0.25) is 0 Å². The summed E-state index contributed by atoms with van der Waals surface area (Å²) in [5, 5.41) is 12.0. The minimum atomic E-state index is -0.505. The van der Waals surface area contributed by atoms with E-state index in [9.17, 15) is 4.79 Å². The first-order valence-corrected chi connectivity index (χ1v) is 6.38. The van der Waals surface area contributed by atoms with Gasteiger partial charge in [-0.1, -0.05) is 30.3 Å². The lowest BCUT2D eigenvalue weighted by atomic mass is 10.0. The van der Waals surface area contributed by atoms with E-state index in [0.29, 0.717) is 6.42 Å². The van der Waals surface area contributed by atoms with E-state index >= 15 is 0 Å². The number of hydrogen-bond donors (Lipinski definition) is 3. The van der Waals surface area contributed by atoms with E-state index in [2.05, 4.69) is 5.32 Å². The van der Waals surface area contributed by atoms with Crippen LogP contribution in [0.3, 0.4) is 0 Å². The van der Waals surface area contributed by atoms with Gasteiger partial charge in [0.15, 0.2) is 0 Å². The molecule has 1 amide bonds. The Morgan fingerprint density at radius 3 is 2.61 bits per heavy atom. The molecule has 1 atom stereocenters. The standard InChI is InChI=1S/C14H20N2O2/c15-12(7-6-11-4-2-1-3-5-11)13(18)16-14(10-17)8-9-14/h1-5,12,17H,6-10,15H2,(H,16,18)/t12-/m0/s1. The van der Waals surface area contributed by atoms with Gasteiger partial charge in [-0.3, -0.25) is 4.79 Å². The molecule has 98 valence electrons. The van der Waals surface area contributed by atoms with Crippen LogP contribution in [0, 0.1) is 0 Å². The number of carbonyl (C=O) groups excluding carboxylic acids is 1. The van der Waals surface area contributed by atoms with Gasteiger partial charge >= 0.3 is 0 Å². The molecule has 4 nitrogen and oxygen atoms in total. The number of aliphatic hydroxyl groups excluding tert-OH is 1. The lowest BCUT2D eigenvalue weighted by molar-refractivity contribution is -0.123. The summed E-state index contributed by atoms with van der Waals surface area (Å²) in [4.78, 5) is 11.8. The van der Waals surface area contributed by atoms with Crippen molar-refractivity contribution in [3.8, 4) is 0 Å². The van der Waals surface area contributed by atoms with Crippen molar-refractivity contribution < 1.29 is 9.90 Å². The summed E-state index contributed by atoms with van der Waals surface area (Å²) in [6.07, 6.45) is 3.11. The Morgan fingerprint density at radius 2 is 2.06 bits per heavy atom. The summed E-state index contributed by atoms with van der Waals surface area (Å²) in [5.41, 5.74) is 6.67. The van der Waals surface area contributed by atoms with Crippen molar-refractivity contribution in [3.05, 3.63) is 35.9 Å². The van der Waals surface area contributed by atoms with Crippen LogP contribution in [0.4, 0.5) is 0 Å². The van der Waals surface area contributed by atoms with Crippen molar-refractivity contribution >= 4 is 5.91 Å². The minimum absolute atomic E-state index is 0.00411. The highest BCUT2D eigenvalue weighted by molar-refractivity contribution is 5.82. The van der Waals surface area contributed by atoms with Gasteiger partial charge < -0.3 is 16.2 Å².